The van der Waals surface area contributed by atoms with Gasteiger partial charge in [-0.1, -0.05) is 0 Å². The van der Waals surface area contributed by atoms with E-state index in [9.17, 15) is 10.1 Å². The minimum Gasteiger partial charge on any atom is -0.393 e. The summed E-state index contributed by atoms with van der Waals surface area (Å²) in [6, 6.07) is 4.64. The quantitative estimate of drug-likeness (QED) is 0.493. The summed E-state index contributed by atoms with van der Waals surface area (Å²) < 4.78 is 0. The van der Waals surface area contributed by atoms with Crippen LogP contribution < -0.4 is 11.1 Å². The van der Waals surface area contributed by atoms with E-state index in [1.807, 2.05) is 5.38 Å². The van der Waals surface area contributed by atoms with Gasteiger partial charge >= 0.3 is 0 Å². The Morgan fingerprint density at radius 1 is 1.53 bits per heavy atom. The van der Waals surface area contributed by atoms with E-state index in [0.29, 0.717) is 12.2 Å². The lowest BCUT2D eigenvalue weighted by Gasteiger charge is -2.05. The Bertz CT molecular complexity index is 527. The van der Waals surface area contributed by atoms with Gasteiger partial charge in [0.25, 0.3) is 5.69 Å². The minimum atomic E-state index is -0.496. The Kier molecular flexibility index (Phi) is 3.20. The van der Waals surface area contributed by atoms with E-state index in [0.717, 1.165) is 5.01 Å². The van der Waals surface area contributed by atoms with Crippen LogP contribution in [0.15, 0.2) is 29.8 Å². The van der Waals surface area contributed by atoms with Gasteiger partial charge in [-0.15, -0.1) is 11.3 Å². The molecule has 0 aliphatic rings. The van der Waals surface area contributed by atoms with Crippen LogP contribution in [0.5, 0.6) is 0 Å². The number of nitrogens with one attached hydrogen (secondary N) is 1. The fourth-order valence-corrected chi connectivity index (χ4v) is 1.89. The van der Waals surface area contributed by atoms with Crippen molar-refractivity contribution in [3.8, 4) is 0 Å². The first-order valence-corrected chi connectivity index (χ1v) is 5.71. The molecule has 1 heterocycles. The van der Waals surface area contributed by atoms with Crippen molar-refractivity contribution < 1.29 is 4.92 Å². The van der Waals surface area contributed by atoms with Crippen molar-refractivity contribution in [1.29, 1.82) is 0 Å². The Hall–Kier alpha value is -2.15. The summed E-state index contributed by atoms with van der Waals surface area (Å²) in [6.45, 7) is 0.540. The van der Waals surface area contributed by atoms with Crippen molar-refractivity contribution in [3.05, 3.63) is 44.9 Å². The number of thiazole rings is 1. The van der Waals surface area contributed by atoms with Gasteiger partial charge in [-0.2, -0.15) is 0 Å². The Morgan fingerprint density at radius 3 is 3.00 bits per heavy atom. The molecule has 0 amide bonds. The number of nitrogens with zero attached hydrogens (tertiary/aromatic N) is 2. The fraction of sp³-hybridized carbons (Fsp3) is 0.100. The van der Waals surface area contributed by atoms with Crippen LogP contribution in [0.4, 0.5) is 17.1 Å². The molecule has 3 N–H and O–H groups in total. The van der Waals surface area contributed by atoms with Crippen molar-refractivity contribution in [3.63, 3.8) is 0 Å². The third kappa shape index (κ3) is 2.70. The van der Waals surface area contributed by atoms with Gasteiger partial charge in [-0.3, -0.25) is 10.1 Å². The first-order chi connectivity index (χ1) is 8.16. The molecular formula is C10H10N4O2S. The molecule has 6 nitrogen and oxygen atoms in total. The zero-order valence-electron chi connectivity index (χ0n) is 8.79. The molecule has 17 heavy (non-hydrogen) atoms. The predicted octanol–water partition coefficient (Wildman–Crippen LogP) is 2.25. The second-order valence-electron chi connectivity index (χ2n) is 3.31. The van der Waals surface area contributed by atoms with Gasteiger partial charge < -0.3 is 11.1 Å². The van der Waals surface area contributed by atoms with Crippen molar-refractivity contribution in [2.75, 3.05) is 11.1 Å². The van der Waals surface area contributed by atoms with Crippen LogP contribution in [-0.2, 0) is 6.54 Å². The molecule has 0 radical (unpaired) electrons. The fourth-order valence-electron chi connectivity index (χ4n) is 1.33. The highest BCUT2D eigenvalue weighted by molar-refractivity contribution is 7.09. The molecule has 0 saturated carbocycles. The third-order valence-electron chi connectivity index (χ3n) is 2.15. The maximum atomic E-state index is 10.7. The lowest BCUT2D eigenvalue weighted by molar-refractivity contribution is -0.383. The molecule has 1 aromatic carbocycles. The molecule has 0 unspecified atom stereocenters. The van der Waals surface area contributed by atoms with Crippen LogP contribution >= 0.6 is 11.3 Å². The van der Waals surface area contributed by atoms with Crippen molar-refractivity contribution in [2.45, 2.75) is 6.54 Å². The number of anilines is 2. The summed E-state index contributed by atoms with van der Waals surface area (Å²) in [7, 11) is 0. The monoisotopic (exact) mass is 250 g/mol. The summed E-state index contributed by atoms with van der Waals surface area (Å²) in [4.78, 5) is 14.3. The van der Waals surface area contributed by atoms with E-state index in [1.165, 1.54) is 23.5 Å². The van der Waals surface area contributed by atoms with Crippen LogP contribution in [0, 0.1) is 10.1 Å². The third-order valence-corrected chi connectivity index (χ3v) is 2.93. The van der Waals surface area contributed by atoms with Gasteiger partial charge in [-0.25, -0.2) is 4.98 Å². The van der Waals surface area contributed by atoms with Crippen molar-refractivity contribution in [1.82, 2.24) is 4.98 Å². The number of benzene rings is 1. The number of nitrogen functional groups attached to an aromatic ring is 1. The van der Waals surface area contributed by atoms with Gasteiger partial charge in [0.05, 0.1) is 11.5 Å². The van der Waals surface area contributed by atoms with Crippen LogP contribution in [0.3, 0.4) is 0 Å². The van der Waals surface area contributed by atoms with Gasteiger partial charge in [0.15, 0.2) is 0 Å². The molecule has 88 valence electrons. The lowest BCUT2D eigenvalue weighted by Crippen LogP contribution is -2.01. The SMILES string of the molecule is Nc1ccc(NCc2nccs2)cc1[N+](=O)[O-]. The average Bonchev–Trinajstić information content (AvgIpc) is 2.80. The number of nitrogens with two attached hydrogens (primary N) is 1. The summed E-state index contributed by atoms with van der Waals surface area (Å²) in [6.07, 6.45) is 1.72. The van der Waals surface area contributed by atoms with Gasteiger partial charge in [0, 0.05) is 23.3 Å². The summed E-state index contributed by atoms with van der Waals surface area (Å²) in [5.41, 5.74) is 6.23. The minimum absolute atomic E-state index is 0.0888. The van der Waals surface area contributed by atoms with E-state index < -0.39 is 4.92 Å². The van der Waals surface area contributed by atoms with Crippen LogP contribution in [-0.4, -0.2) is 9.91 Å². The van der Waals surface area contributed by atoms with Crippen LogP contribution in [0.1, 0.15) is 5.01 Å². The number of rotatable bonds is 4. The zero-order valence-corrected chi connectivity index (χ0v) is 9.61. The van der Waals surface area contributed by atoms with Gasteiger partial charge in [0.2, 0.25) is 0 Å². The largest absolute Gasteiger partial charge is 0.393 e. The normalized spacial score (nSPS) is 10.1. The van der Waals surface area contributed by atoms with Crippen LogP contribution in [0.25, 0.3) is 0 Å². The van der Waals surface area contributed by atoms with Crippen molar-refractivity contribution in [2.24, 2.45) is 0 Å². The molecule has 1 aromatic heterocycles. The Morgan fingerprint density at radius 2 is 2.35 bits per heavy atom. The van der Waals surface area contributed by atoms with Gasteiger partial charge in [0.1, 0.15) is 10.7 Å². The second kappa shape index (κ2) is 4.79. The summed E-state index contributed by atoms with van der Waals surface area (Å²) in [5.74, 6) is 0. The molecule has 0 aliphatic heterocycles. The maximum absolute atomic E-state index is 10.7. The number of nitro benzene ring substituents is 1. The van der Waals surface area contributed by atoms with E-state index in [2.05, 4.69) is 10.3 Å². The van der Waals surface area contributed by atoms with E-state index in [4.69, 9.17) is 5.73 Å². The summed E-state index contributed by atoms with van der Waals surface area (Å²) in [5, 5.41) is 16.6. The number of hydrogen-bond acceptors (Lipinski definition) is 6. The molecular weight excluding hydrogens is 240 g/mol. The smallest absolute Gasteiger partial charge is 0.294 e. The Labute approximate surface area is 101 Å². The predicted molar refractivity (Wildman–Crippen MR) is 66.9 cm³/mol. The average molecular weight is 250 g/mol. The lowest BCUT2D eigenvalue weighted by atomic mass is 10.2. The number of hydrogen-bond donors (Lipinski definition) is 2. The number of aromatic nitrogens is 1. The second-order valence-corrected chi connectivity index (χ2v) is 4.29. The molecule has 0 fully saturated rings. The number of nitro groups is 1. The standard InChI is InChI=1S/C10H10N4O2S/c11-8-2-1-7(5-9(8)14(15)16)13-6-10-12-3-4-17-10/h1-5,13H,6,11H2. The molecule has 0 atom stereocenters. The zero-order chi connectivity index (χ0) is 12.3. The first kappa shape index (κ1) is 11.3. The highest BCUT2D eigenvalue weighted by Gasteiger charge is 2.11. The molecule has 7 heteroatoms. The topological polar surface area (TPSA) is 94.1 Å². The molecule has 2 rings (SSSR count). The highest BCUT2D eigenvalue weighted by Crippen LogP contribution is 2.25. The maximum Gasteiger partial charge on any atom is 0.294 e. The molecule has 2 aromatic rings. The molecule has 0 saturated heterocycles. The molecule has 0 bridgehead atoms. The van der Waals surface area contributed by atoms with Crippen LogP contribution in [0.2, 0.25) is 0 Å². The van der Waals surface area contributed by atoms with E-state index >= 15 is 0 Å². The molecule has 0 spiro atoms. The van der Waals surface area contributed by atoms with Gasteiger partial charge in [-0.05, 0) is 12.1 Å². The molecule has 0 aliphatic carbocycles. The summed E-state index contributed by atoms with van der Waals surface area (Å²) >= 11 is 1.52. The van der Waals surface area contributed by atoms with E-state index in [-0.39, 0.29) is 11.4 Å². The Balaban J connectivity index is 2.11. The first-order valence-electron chi connectivity index (χ1n) is 4.83. The highest BCUT2D eigenvalue weighted by atomic mass is 32.1. The van der Waals surface area contributed by atoms with Crippen molar-refractivity contribution >= 4 is 28.4 Å². The van der Waals surface area contributed by atoms with E-state index in [1.54, 1.807) is 12.3 Å².